The Hall–Kier alpha value is -2.18. The maximum absolute atomic E-state index is 12.2. The molecule has 3 N–H and O–H groups in total. The summed E-state index contributed by atoms with van der Waals surface area (Å²) < 4.78 is 5.02. The molecule has 6 heteroatoms. The predicted molar refractivity (Wildman–Crippen MR) is 87.1 cm³/mol. The first-order valence-electron chi connectivity index (χ1n) is 7.87. The van der Waals surface area contributed by atoms with Gasteiger partial charge in [0.1, 0.15) is 0 Å². The van der Waals surface area contributed by atoms with E-state index in [2.05, 4.69) is 33.0 Å². The van der Waals surface area contributed by atoms with Gasteiger partial charge in [0.25, 0.3) is 5.91 Å². The molecule has 1 aromatic heterocycles. The number of ether oxygens (including phenoxy) is 1. The molecule has 0 unspecified atom stereocenters. The Kier molecular flexibility index (Phi) is 5.05. The molecule has 3 rings (SSSR count). The molecule has 0 radical (unpaired) electrons. The van der Waals surface area contributed by atoms with E-state index in [9.17, 15) is 4.79 Å². The summed E-state index contributed by atoms with van der Waals surface area (Å²) in [6.45, 7) is 2.98. The molecule has 0 spiro atoms. The van der Waals surface area contributed by atoms with Gasteiger partial charge < -0.3 is 15.4 Å². The Morgan fingerprint density at radius 1 is 1.39 bits per heavy atom. The van der Waals surface area contributed by atoms with Crippen molar-refractivity contribution in [2.24, 2.45) is 0 Å². The van der Waals surface area contributed by atoms with Crippen molar-refractivity contribution in [3.8, 4) is 0 Å². The lowest BCUT2D eigenvalue weighted by molar-refractivity contribution is 0.0950. The SMILES string of the molecule is COCc1cc(CNC(=O)c2ccc([C@H]3CCNC3)cc2)[nH]n1. The minimum absolute atomic E-state index is 0.0796. The summed E-state index contributed by atoms with van der Waals surface area (Å²) in [4.78, 5) is 12.2. The normalized spacial score (nSPS) is 17.3. The van der Waals surface area contributed by atoms with Crippen molar-refractivity contribution in [2.75, 3.05) is 20.2 Å². The summed E-state index contributed by atoms with van der Waals surface area (Å²) in [6, 6.07) is 9.79. The van der Waals surface area contributed by atoms with Crippen LogP contribution in [-0.2, 0) is 17.9 Å². The van der Waals surface area contributed by atoms with Gasteiger partial charge in [-0.05, 0) is 42.6 Å². The molecule has 2 heterocycles. The average molecular weight is 314 g/mol. The van der Waals surface area contributed by atoms with E-state index >= 15 is 0 Å². The highest BCUT2D eigenvalue weighted by Gasteiger charge is 2.16. The van der Waals surface area contributed by atoms with E-state index in [1.807, 2.05) is 18.2 Å². The van der Waals surface area contributed by atoms with Crippen LogP contribution in [0.3, 0.4) is 0 Å². The van der Waals surface area contributed by atoms with Gasteiger partial charge in [0.15, 0.2) is 0 Å². The lowest BCUT2D eigenvalue weighted by Gasteiger charge is -2.09. The molecule has 1 fully saturated rings. The second kappa shape index (κ2) is 7.39. The van der Waals surface area contributed by atoms with Crippen molar-refractivity contribution in [2.45, 2.75) is 25.5 Å². The number of nitrogens with one attached hydrogen (secondary N) is 3. The Morgan fingerprint density at radius 3 is 2.91 bits per heavy atom. The number of aromatic nitrogens is 2. The number of rotatable bonds is 6. The van der Waals surface area contributed by atoms with Crippen molar-refractivity contribution in [1.82, 2.24) is 20.8 Å². The number of nitrogens with zero attached hydrogens (tertiary/aromatic N) is 1. The van der Waals surface area contributed by atoms with Crippen molar-refractivity contribution in [1.29, 1.82) is 0 Å². The summed E-state index contributed by atoms with van der Waals surface area (Å²) >= 11 is 0. The minimum Gasteiger partial charge on any atom is -0.378 e. The van der Waals surface area contributed by atoms with E-state index in [0.717, 1.165) is 30.9 Å². The first kappa shape index (κ1) is 15.7. The number of hydrogen-bond acceptors (Lipinski definition) is 4. The molecule has 1 atom stereocenters. The quantitative estimate of drug-likeness (QED) is 0.756. The zero-order valence-corrected chi connectivity index (χ0v) is 13.3. The Labute approximate surface area is 135 Å². The van der Waals surface area contributed by atoms with Crippen LogP contribution in [0.4, 0.5) is 0 Å². The highest BCUT2D eigenvalue weighted by molar-refractivity contribution is 5.94. The molecular formula is C17H22N4O2. The fraction of sp³-hybridized carbons (Fsp3) is 0.412. The van der Waals surface area contributed by atoms with Gasteiger partial charge in [-0.15, -0.1) is 0 Å². The van der Waals surface area contributed by atoms with Crippen LogP contribution in [0.2, 0.25) is 0 Å². The third-order valence-electron chi connectivity index (χ3n) is 4.12. The molecule has 122 valence electrons. The smallest absolute Gasteiger partial charge is 0.251 e. The van der Waals surface area contributed by atoms with Gasteiger partial charge >= 0.3 is 0 Å². The number of H-pyrrole nitrogens is 1. The summed E-state index contributed by atoms with van der Waals surface area (Å²) in [6.07, 6.45) is 1.16. The van der Waals surface area contributed by atoms with Crippen molar-refractivity contribution < 1.29 is 9.53 Å². The van der Waals surface area contributed by atoms with Crippen LogP contribution in [0.1, 0.15) is 39.6 Å². The third kappa shape index (κ3) is 3.97. The molecule has 1 aliphatic rings. The molecule has 23 heavy (non-hydrogen) atoms. The molecule has 0 saturated carbocycles. The van der Waals surface area contributed by atoms with Crippen LogP contribution < -0.4 is 10.6 Å². The molecule has 6 nitrogen and oxygen atoms in total. The largest absolute Gasteiger partial charge is 0.378 e. The van der Waals surface area contributed by atoms with Crippen LogP contribution in [0, 0.1) is 0 Å². The molecule has 1 aliphatic heterocycles. The maximum atomic E-state index is 12.2. The molecule has 0 bridgehead atoms. The Morgan fingerprint density at radius 2 is 2.22 bits per heavy atom. The second-order valence-corrected chi connectivity index (χ2v) is 5.81. The van der Waals surface area contributed by atoms with Crippen LogP contribution in [0.15, 0.2) is 30.3 Å². The highest BCUT2D eigenvalue weighted by Crippen LogP contribution is 2.22. The fourth-order valence-electron chi connectivity index (χ4n) is 2.85. The number of carbonyl (C=O) groups is 1. The average Bonchev–Trinajstić information content (AvgIpc) is 3.25. The Balaban J connectivity index is 1.54. The van der Waals surface area contributed by atoms with Crippen molar-refractivity contribution in [3.63, 3.8) is 0 Å². The predicted octanol–water partition coefficient (Wildman–Crippen LogP) is 1.56. The molecular weight excluding hydrogens is 292 g/mol. The van der Waals surface area contributed by atoms with E-state index in [-0.39, 0.29) is 5.91 Å². The van der Waals surface area contributed by atoms with Gasteiger partial charge in [-0.25, -0.2) is 0 Å². The first-order chi connectivity index (χ1) is 11.3. The molecule has 2 aromatic rings. The van der Waals surface area contributed by atoms with E-state index in [1.54, 1.807) is 7.11 Å². The second-order valence-electron chi connectivity index (χ2n) is 5.81. The van der Waals surface area contributed by atoms with E-state index in [0.29, 0.717) is 24.6 Å². The van der Waals surface area contributed by atoms with Crippen LogP contribution in [0.5, 0.6) is 0 Å². The van der Waals surface area contributed by atoms with E-state index in [1.165, 1.54) is 5.56 Å². The summed E-state index contributed by atoms with van der Waals surface area (Å²) in [5.41, 5.74) is 3.66. The van der Waals surface area contributed by atoms with Crippen molar-refractivity contribution in [3.05, 3.63) is 52.8 Å². The number of aromatic amines is 1. The highest BCUT2D eigenvalue weighted by atomic mass is 16.5. The van der Waals surface area contributed by atoms with Gasteiger partial charge in [-0.2, -0.15) is 5.10 Å². The van der Waals surface area contributed by atoms with E-state index in [4.69, 9.17) is 4.74 Å². The fourth-order valence-corrected chi connectivity index (χ4v) is 2.85. The summed E-state index contributed by atoms with van der Waals surface area (Å²) in [5.74, 6) is 0.486. The van der Waals surface area contributed by atoms with Gasteiger partial charge in [0, 0.05) is 19.2 Å². The van der Waals surface area contributed by atoms with Crippen molar-refractivity contribution >= 4 is 5.91 Å². The lowest BCUT2D eigenvalue weighted by atomic mass is 9.97. The summed E-state index contributed by atoms with van der Waals surface area (Å²) in [7, 11) is 1.63. The lowest BCUT2D eigenvalue weighted by Crippen LogP contribution is -2.23. The maximum Gasteiger partial charge on any atom is 0.251 e. The van der Waals surface area contributed by atoms with Gasteiger partial charge in [0.05, 0.1) is 24.5 Å². The third-order valence-corrected chi connectivity index (χ3v) is 4.12. The summed E-state index contributed by atoms with van der Waals surface area (Å²) in [5, 5.41) is 13.3. The molecule has 0 aliphatic carbocycles. The number of methoxy groups -OCH3 is 1. The zero-order valence-electron chi connectivity index (χ0n) is 13.3. The topological polar surface area (TPSA) is 79.0 Å². The van der Waals surface area contributed by atoms with Crippen LogP contribution in [-0.4, -0.2) is 36.3 Å². The zero-order chi connectivity index (χ0) is 16.1. The Bertz CT molecular complexity index is 645. The van der Waals surface area contributed by atoms with Gasteiger partial charge in [0.2, 0.25) is 0 Å². The van der Waals surface area contributed by atoms with Crippen LogP contribution in [0.25, 0.3) is 0 Å². The first-order valence-corrected chi connectivity index (χ1v) is 7.87. The van der Waals surface area contributed by atoms with Gasteiger partial charge in [-0.1, -0.05) is 12.1 Å². The monoisotopic (exact) mass is 314 g/mol. The number of benzene rings is 1. The molecule has 1 amide bonds. The minimum atomic E-state index is -0.0796. The number of carbonyl (C=O) groups excluding carboxylic acids is 1. The molecule has 1 saturated heterocycles. The standard InChI is InChI=1S/C17H22N4O2/c1-23-11-16-8-15(20-21-16)10-19-17(22)13-4-2-12(3-5-13)14-6-7-18-9-14/h2-5,8,14,18H,6-7,9-11H2,1H3,(H,19,22)(H,20,21)/t14-/m0/s1. The van der Waals surface area contributed by atoms with Crippen LogP contribution >= 0.6 is 0 Å². The number of hydrogen-bond donors (Lipinski definition) is 3. The van der Waals surface area contributed by atoms with Gasteiger partial charge in [-0.3, -0.25) is 9.89 Å². The van der Waals surface area contributed by atoms with E-state index < -0.39 is 0 Å². The number of amides is 1. The molecule has 1 aromatic carbocycles.